The van der Waals surface area contributed by atoms with Crippen molar-refractivity contribution in [1.29, 1.82) is 5.26 Å². The summed E-state index contributed by atoms with van der Waals surface area (Å²) in [5.41, 5.74) is 0.741. The topological polar surface area (TPSA) is 73.6 Å². The third kappa shape index (κ3) is 4.10. The van der Waals surface area contributed by atoms with Gasteiger partial charge in [0.1, 0.15) is 12.4 Å². The Labute approximate surface area is 169 Å². The lowest BCUT2D eigenvalue weighted by molar-refractivity contribution is -0.0486. The van der Waals surface area contributed by atoms with Crippen molar-refractivity contribution in [3.63, 3.8) is 0 Å². The van der Waals surface area contributed by atoms with Gasteiger partial charge in [-0.05, 0) is 55.0 Å². The van der Waals surface area contributed by atoms with Crippen LogP contribution in [0.4, 0.5) is 9.18 Å². The normalized spacial score (nSPS) is 25.5. The fourth-order valence-electron chi connectivity index (χ4n) is 4.73. The second-order valence-electron chi connectivity index (χ2n) is 8.06. The van der Waals surface area contributed by atoms with Crippen LogP contribution in [0.2, 0.25) is 0 Å². The molecule has 2 fully saturated rings. The Morgan fingerprint density at radius 3 is 2.55 bits per heavy atom. The summed E-state index contributed by atoms with van der Waals surface area (Å²) in [4.78, 5) is 14.4. The predicted octanol–water partition coefficient (Wildman–Crippen LogP) is 3.93. The van der Waals surface area contributed by atoms with Crippen molar-refractivity contribution in [1.82, 2.24) is 4.90 Å². The van der Waals surface area contributed by atoms with Crippen molar-refractivity contribution < 1.29 is 19.0 Å². The number of nitriles is 1. The SMILES string of the molecule is N#Cc1ccc(F)cc1CC1(O)CC2CCC(C1)N2C(=O)OCc1ccccc1. The van der Waals surface area contributed by atoms with Crippen LogP contribution in [0.1, 0.15) is 42.4 Å². The Balaban J connectivity index is 1.44. The van der Waals surface area contributed by atoms with Gasteiger partial charge >= 0.3 is 6.09 Å². The molecule has 2 aromatic carbocycles. The molecule has 2 aliphatic heterocycles. The molecule has 1 N–H and O–H groups in total. The summed E-state index contributed by atoms with van der Waals surface area (Å²) in [5.74, 6) is -0.424. The standard InChI is InChI=1S/C23H23FN2O3/c24-19-7-6-17(14-25)18(10-19)11-23(28)12-20-8-9-21(13-23)26(20)22(27)29-15-16-4-2-1-3-5-16/h1-7,10,20-21,28H,8-9,11-13,15H2. The van der Waals surface area contributed by atoms with Gasteiger partial charge in [0.15, 0.2) is 0 Å². The molecule has 0 saturated carbocycles. The van der Waals surface area contributed by atoms with Crippen LogP contribution in [0.15, 0.2) is 48.5 Å². The van der Waals surface area contributed by atoms with E-state index in [4.69, 9.17) is 4.74 Å². The summed E-state index contributed by atoms with van der Waals surface area (Å²) in [6.07, 6.45) is 2.25. The highest BCUT2D eigenvalue weighted by Crippen LogP contribution is 2.43. The molecule has 2 bridgehead atoms. The number of amides is 1. The molecule has 2 saturated heterocycles. The number of aliphatic hydroxyl groups is 1. The number of halogens is 1. The summed E-state index contributed by atoms with van der Waals surface area (Å²) < 4.78 is 19.2. The van der Waals surface area contributed by atoms with Crippen molar-refractivity contribution in [3.8, 4) is 6.07 Å². The highest BCUT2D eigenvalue weighted by molar-refractivity contribution is 5.69. The van der Waals surface area contributed by atoms with Gasteiger partial charge in [-0.3, -0.25) is 0 Å². The molecule has 0 aromatic heterocycles. The van der Waals surface area contributed by atoms with Crippen LogP contribution in [0.3, 0.4) is 0 Å². The first-order valence-corrected chi connectivity index (χ1v) is 9.87. The molecule has 5 nitrogen and oxygen atoms in total. The zero-order valence-electron chi connectivity index (χ0n) is 16.1. The third-order valence-corrected chi connectivity index (χ3v) is 5.97. The highest BCUT2D eigenvalue weighted by atomic mass is 19.1. The molecule has 1 amide bonds. The van der Waals surface area contributed by atoms with Crippen LogP contribution in [0, 0.1) is 17.1 Å². The van der Waals surface area contributed by atoms with E-state index in [1.165, 1.54) is 18.2 Å². The highest BCUT2D eigenvalue weighted by Gasteiger charge is 2.50. The second-order valence-corrected chi connectivity index (χ2v) is 8.06. The minimum absolute atomic E-state index is 0.110. The first-order valence-electron chi connectivity index (χ1n) is 9.87. The maximum Gasteiger partial charge on any atom is 0.410 e. The molecule has 2 atom stereocenters. The Bertz CT molecular complexity index is 927. The van der Waals surface area contributed by atoms with Crippen LogP contribution in [-0.2, 0) is 17.8 Å². The predicted molar refractivity (Wildman–Crippen MR) is 104 cm³/mol. The summed E-state index contributed by atoms with van der Waals surface area (Å²) >= 11 is 0. The smallest absolute Gasteiger partial charge is 0.410 e. The van der Waals surface area contributed by atoms with E-state index in [9.17, 15) is 19.6 Å². The molecule has 4 rings (SSSR count). The lowest BCUT2D eigenvalue weighted by Gasteiger charge is -2.43. The number of fused-ring (bicyclic) bond motifs is 2. The molecule has 2 aliphatic rings. The van der Waals surface area contributed by atoms with E-state index >= 15 is 0 Å². The maximum atomic E-state index is 13.7. The number of rotatable bonds is 4. The number of benzene rings is 2. The summed E-state index contributed by atoms with van der Waals surface area (Å²) in [6, 6.07) is 15.4. The van der Waals surface area contributed by atoms with Crippen LogP contribution >= 0.6 is 0 Å². The Morgan fingerprint density at radius 1 is 1.21 bits per heavy atom. The Hall–Kier alpha value is -2.91. The van der Waals surface area contributed by atoms with Crippen molar-refractivity contribution in [2.75, 3.05) is 0 Å². The van der Waals surface area contributed by atoms with Gasteiger partial charge < -0.3 is 14.7 Å². The van der Waals surface area contributed by atoms with E-state index in [0.717, 1.165) is 18.4 Å². The average molecular weight is 394 g/mol. The van der Waals surface area contributed by atoms with Gasteiger partial charge in [-0.15, -0.1) is 0 Å². The van der Waals surface area contributed by atoms with Gasteiger partial charge in [0.2, 0.25) is 0 Å². The zero-order chi connectivity index (χ0) is 20.4. The zero-order valence-corrected chi connectivity index (χ0v) is 16.1. The van der Waals surface area contributed by atoms with Crippen molar-refractivity contribution >= 4 is 6.09 Å². The number of carbonyl (C=O) groups excluding carboxylic acids is 1. The summed E-state index contributed by atoms with van der Waals surface area (Å²) in [5, 5.41) is 20.5. The minimum atomic E-state index is -1.07. The lowest BCUT2D eigenvalue weighted by Crippen LogP contribution is -2.54. The molecular weight excluding hydrogens is 371 g/mol. The Morgan fingerprint density at radius 2 is 1.90 bits per heavy atom. The molecule has 0 radical (unpaired) electrons. The van der Waals surface area contributed by atoms with Crippen LogP contribution in [0.5, 0.6) is 0 Å². The van der Waals surface area contributed by atoms with E-state index in [2.05, 4.69) is 6.07 Å². The molecule has 150 valence electrons. The van der Waals surface area contributed by atoms with Crippen LogP contribution in [-0.4, -0.2) is 33.8 Å². The number of carbonyl (C=O) groups is 1. The molecule has 0 aliphatic carbocycles. The number of ether oxygens (including phenoxy) is 1. The molecule has 2 aromatic rings. The average Bonchev–Trinajstić information content (AvgIpc) is 2.99. The van der Waals surface area contributed by atoms with Crippen LogP contribution in [0.25, 0.3) is 0 Å². The fourth-order valence-corrected chi connectivity index (χ4v) is 4.73. The number of piperidine rings is 1. The van der Waals surface area contributed by atoms with Gasteiger partial charge in [0.05, 0.1) is 17.2 Å². The molecule has 29 heavy (non-hydrogen) atoms. The number of nitrogens with zero attached hydrogens (tertiary/aromatic N) is 2. The van der Waals surface area contributed by atoms with Crippen molar-refractivity contribution in [2.24, 2.45) is 0 Å². The van der Waals surface area contributed by atoms with Crippen molar-refractivity contribution in [3.05, 3.63) is 71.0 Å². The summed E-state index contributed by atoms with van der Waals surface area (Å²) in [7, 11) is 0. The summed E-state index contributed by atoms with van der Waals surface area (Å²) in [6.45, 7) is 0.217. The Kier molecular flexibility index (Phi) is 5.25. The van der Waals surface area contributed by atoms with E-state index in [-0.39, 0.29) is 31.2 Å². The van der Waals surface area contributed by atoms with Gasteiger partial charge in [-0.2, -0.15) is 5.26 Å². The molecule has 0 spiro atoms. The molecule has 2 heterocycles. The number of hydrogen-bond donors (Lipinski definition) is 1. The van der Waals surface area contributed by atoms with Gasteiger partial charge in [-0.25, -0.2) is 9.18 Å². The van der Waals surface area contributed by atoms with Gasteiger partial charge in [-0.1, -0.05) is 30.3 Å². The monoisotopic (exact) mass is 394 g/mol. The second kappa shape index (κ2) is 7.84. The largest absolute Gasteiger partial charge is 0.445 e. The van der Waals surface area contributed by atoms with E-state index < -0.39 is 11.4 Å². The third-order valence-electron chi connectivity index (χ3n) is 5.97. The minimum Gasteiger partial charge on any atom is -0.445 e. The first kappa shape index (κ1) is 19.4. The van der Waals surface area contributed by atoms with Gasteiger partial charge in [0.25, 0.3) is 0 Å². The quantitative estimate of drug-likeness (QED) is 0.853. The number of hydrogen-bond acceptors (Lipinski definition) is 4. The van der Waals surface area contributed by atoms with Gasteiger partial charge in [0, 0.05) is 18.5 Å². The van der Waals surface area contributed by atoms with E-state index in [1.54, 1.807) is 4.90 Å². The molecular formula is C23H23FN2O3. The lowest BCUT2D eigenvalue weighted by atomic mass is 9.80. The van der Waals surface area contributed by atoms with Crippen molar-refractivity contribution in [2.45, 2.75) is 56.4 Å². The fraction of sp³-hybridized carbons (Fsp3) is 0.391. The first-order chi connectivity index (χ1) is 14.0. The van der Waals surface area contributed by atoms with Crippen LogP contribution < -0.4 is 0 Å². The maximum absolute atomic E-state index is 13.7. The molecule has 6 heteroatoms. The van der Waals surface area contributed by atoms with E-state index in [1.807, 2.05) is 30.3 Å². The molecule has 2 unspecified atom stereocenters. The van der Waals surface area contributed by atoms with E-state index in [0.29, 0.717) is 24.0 Å².